The summed E-state index contributed by atoms with van der Waals surface area (Å²) in [5, 5.41) is 0. The minimum Gasteiger partial charge on any atom is -0.106 e. The second-order valence-corrected chi connectivity index (χ2v) is 11.2. The number of rotatable bonds is 6. The molecule has 1 unspecified atom stereocenters. The van der Waals surface area contributed by atoms with E-state index in [2.05, 4.69) is 165 Å². The molecule has 0 amide bonds. The van der Waals surface area contributed by atoms with E-state index in [0.29, 0.717) is 0 Å². The predicted octanol–water partition coefficient (Wildman–Crippen LogP) is 12.6. The number of allylic oxidation sites excluding steroid dienone is 8. The van der Waals surface area contributed by atoms with Crippen LogP contribution in [0.4, 0.5) is 0 Å². The number of fused-ring (bicyclic) bond motifs is 3. The summed E-state index contributed by atoms with van der Waals surface area (Å²) in [7, 11) is 0. The zero-order chi connectivity index (χ0) is 32.4. The molecule has 0 bridgehead atoms. The first-order valence-corrected chi connectivity index (χ1v) is 15.3. The Kier molecular flexibility index (Phi) is 11.7. The molecule has 4 aromatic rings. The highest BCUT2D eigenvalue weighted by atomic mass is 14.5. The van der Waals surface area contributed by atoms with Gasteiger partial charge in [0.05, 0.1) is 5.41 Å². The third kappa shape index (κ3) is 6.17. The summed E-state index contributed by atoms with van der Waals surface area (Å²) < 4.78 is 0. The molecule has 224 valence electrons. The molecule has 0 radical (unpaired) electrons. The van der Waals surface area contributed by atoms with Crippen LogP contribution in [0, 0.1) is 20.8 Å². The van der Waals surface area contributed by atoms with Gasteiger partial charge in [0.2, 0.25) is 0 Å². The molecule has 0 aromatic heterocycles. The third-order valence-corrected chi connectivity index (χ3v) is 8.95. The topological polar surface area (TPSA) is 0 Å². The van der Waals surface area contributed by atoms with Gasteiger partial charge in [0, 0.05) is 0 Å². The Bertz CT molecular complexity index is 1720. The lowest BCUT2D eigenvalue weighted by atomic mass is 9.67. The maximum atomic E-state index is 4.02. The highest BCUT2D eigenvalue weighted by Gasteiger charge is 2.46. The number of aryl methyl sites for hydroxylation is 1. The van der Waals surface area contributed by atoms with Crippen molar-refractivity contribution in [2.75, 3.05) is 0 Å². The third-order valence-electron chi connectivity index (χ3n) is 8.95. The molecule has 0 heteroatoms. The van der Waals surface area contributed by atoms with Gasteiger partial charge in [-0.05, 0) is 110 Å². The monoisotopic (exact) mass is 576 g/mol. The Labute approximate surface area is 267 Å². The summed E-state index contributed by atoms with van der Waals surface area (Å²) >= 11 is 0. The van der Waals surface area contributed by atoms with Crippen molar-refractivity contribution in [2.45, 2.75) is 53.9 Å². The smallest absolute Gasteiger partial charge is 0.0673 e. The summed E-state index contributed by atoms with van der Waals surface area (Å²) in [6.45, 7) is 28.8. The van der Waals surface area contributed by atoms with E-state index >= 15 is 0 Å². The summed E-state index contributed by atoms with van der Waals surface area (Å²) in [5.74, 6) is 0. The summed E-state index contributed by atoms with van der Waals surface area (Å²) in [4.78, 5) is 0. The van der Waals surface area contributed by atoms with Gasteiger partial charge < -0.3 is 0 Å². The number of benzene rings is 4. The van der Waals surface area contributed by atoms with Gasteiger partial charge in [0.15, 0.2) is 0 Å². The van der Waals surface area contributed by atoms with E-state index in [9.17, 15) is 0 Å². The molecule has 0 spiro atoms. The second kappa shape index (κ2) is 15.2. The molecule has 4 aromatic carbocycles. The van der Waals surface area contributed by atoms with Gasteiger partial charge in [0.1, 0.15) is 0 Å². The SMILES string of the molecule is C=C.C=C/C=C(C)/C(C)=C/C.C=C/C=C(\C)C1(c2ccccc2)c2ccccc2-c2c1ccc(-c1cccc(C)c1C)c2C. The Balaban J connectivity index is 0.000000416. The maximum absolute atomic E-state index is 4.02. The Morgan fingerprint density at radius 1 is 0.591 bits per heavy atom. The van der Waals surface area contributed by atoms with E-state index in [4.69, 9.17) is 0 Å². The van der Waals surface area contributed by atoms with Gasteiger partial charge in [-0.15, -0.1) is 13.2 Å². The Morgan fingerprint density at radius 2 is 1.18 bits per heavy atom. The zero-order valence-corrected chi connectivity index (χ0v) is 27.8. The van der Waals surface area contributed by atoms with Crippen molar-refractivity contribution < 1.29 is 0 Å². The van der Waals surface area contributed by atoms with Crippen LogP contribution in [0.5, 0.6) is 0 Å². The van der Waals surface area contributed by atoms with Crippen LogP contribution < -0.4 is 0 Å². The van der Waals surface area contributed by atoms with Crippen LogP contribution in [0.3, 0.4) is 0 Å². The quantitative estimate of drug-likeness (QED) is 0.158. The van der Waals surface area contributed by atoms with Gasteiger partial charge in [-0.3, -0.25) is 0 Å². The van der Waals surface area contributed by atoms with Crippen molar-refractivity contribution >= 4 is 0 Å². The molecule has 0 nitrogen and oxygen atoms in total. The summed E-state index contributed by atoms with van der Waals surface area (Å²) in [6.07, 6.45) is 10.00. The molecular formula is C44H48. The van der Waals surface area contributed by atoms with Gasteiger partial charge >= 0.3 is 0 Å². The van der Waals surface area contributed by atoms with Crippen LogP contribution in [0.1, 0.15) is 61.1 Å². The van der Waals surface area contributed by atoms with Crippen molar-refractivity contribution in [3.63, 3.8) is 0 Å². The average Bonchev–Trinajstić information content (AvgIpc) is 3.36. The molecule has 0 N–H and O–H groups in total. The maximum Gasteiger partial charge on any atom is 0.0673 e. The first-order chi connectivity index (χ1) is 21.2. The standard InChI is InChI=1S/C33H30.C9H14.C2H4/c1-6-13-23(3)33(26-15-8-7-9-16-26)30-19-11-10-17-29(30)32-25(5)28(20-21-31(32)33)27-18-12-14-22(2)24(27)4;1-5-7-9(4)8(3)6-2;1-2/h6-21H,1H2,2-5H3;5-7H,1H2,2-4H3;1-2H2/b23-13+;8-6+,9-7+;. The molecule has 1 aliphatic carbocycles. The molecular weight excluding hydrogens is 528 g/mol. The zero-order valence-electron chi connectivity index (χ0n) is 27.8. The van der Waals surface area contributed by atoms with Crippen LogP contribution in [-0.2, 0) is 5.41 Å². The van der Waals surface area contributed by atoms with E-state index in [-0.39, 0.29) is 5.41 Å². The highest BCUT2D eigenvalue weighted by molar-refractivity contribution is 5.91. The predicted molar refractivity (Wildman–Crippen MR) is 196 cm³/mol. The Hall–Kier alpha value is -4.68. The Morgan fingerprint density at radius 3 is 1.82 bits per heavy atom. The molecule has 1 atom stereocenters. The number of hydrogen-bond acceptors (Lipinski definition) is 0. The van der Waals surface area contributed by atoms with Gasteiger partial charge in [0.25, 0.3) is 0 Å². The van der Waals surface area contributed by atoms with Gasteiger partial charge in [-0.1, -0.05) is 140 Å². The minimum absolute atomic E-state index is 0.327. The number of hydrogen-bond donors (Lipinski definition) is 0. The summed E-state index contributed by atoms with van der Waals surface area (Å²) in [6, 6.07) is 31.2. The van der Waals surface area contributed by atoms with Crippen LogP contribution in [0.2, 0.25) is 0 Å². The molecule has 44 heavy (non-hydrogen) atoms. The van der Waals surface area contributed by atoms with Crippen molar-refractivity contribution in [1.29, 1.82) is 0 Å². The fourth-order valence-electron chi connectivity index (χ4n) is 6.37. The molecule has 5 rings (SSSR count). The van der Waals surface area contributed by atoms with E-state index < -0.39 is 0 Å². The first kappa shape index (κ1) is 33.8. The fourth-order valence-corrected chi connectivity index (χ4v) is 6.37. The highest BCUT2D eigenvalue weighted by Crippen LogP contribution is 2.58. The lowest BCUT2D eigenvalue weighted by Gasteiger charge is -2.34. The average molecular weight is 577 g/mol. The fraction of sp³-hybridized carbons (Fsp3) is 0.182. The molecule has 0 heterocycles. The van der Waals surface area contributed by atoms with Gasteiger partial charge in [-0.25, -0.2) is 0 Å². The van der Waals surface area contributed by atoms with E-state index in [1.54, 1.807) is 0 Å². The van der Waals surface area contributed by atoms with Crippen LogP contribution >= 0.6 is 0 Å². The van der Waals surface area contributed by atoms with Crippen LogP contribution in [0.15, 0.2) is 158 Å². The molecule has 1 aliphatic rings. The van der Waals surface area contributed by atoms with Crippen LogP contribution in [-0.4, -0.2) is 0 Å². The molecule has 0 aliphatic heterocycles. The lowest BCUT2D eigenvalue weighted by molar-refractivity contribution is 0.746. The first-order valence-electron chi connectivity index (χ1n) is 15.3. The van der Waals surface area contributed by atoms with Crippen molar-refractivity contribution in [3.8, 4) is 22.3 Å². The van der Waals surface area contributed by atoms with Crippen molar-refractivity contribution in [3.05, 3.63) is 192 Å². The van der Waals surface area contributed by atoms with Crippen molar-refractivity contribution in [2.24, 2.45) is 0 Å². The van der Waals surface area contributed by atoms with E-state index in [1.165, 1.54) is 72.4 Å². The molecule has 0 saturated heterocycles. The largest absolute Gasteiger partial charge is 0.106 e. The molecule has 0 saturated carbocycles. The van der Waals surface area contributed by atoms with Crippen LogP contribution in [0.25, 0.3) is 22.3 Å². The normalized spacial score (nSPS) is 15.6. The lowest BCUT2D eigenvalue weighted by Crippen LogP contribution is -2.28. The van der Waals surface area contributed by atoms with E-state index in [0.717, 1.165) is 0 Å². The van der Waals surface area contributed by atoms with Gasteiger partial charge in [-0.2, -0.15) is 0 Å². The molecule has 0 fully saturated rings. The summed E-state index contributed by atoms with van der Waals surface area (Å²) in [5.41, 5.74) is 16.9. The minimum atomic E-state index is -0.327. The van der Waals surface area contributed by atoms with Crippen molar-refractivity contribution in [1.82, 2.24) is 0 Å². The second-order valence-electron chi connectivity index (χ2n) is 11.2. The van der Waals surface area contributed by atoms with E-state index in [1.807, 2.05) is 25.2 Å².